The number of anilines is 6. The first kappa shape index (κ1) is 34.1. The maximum Gasteiger partial charge on any atom is 0.113 e. The zero-order valence-corrected chi connectivity index (χ0v) is 32.5. The molecular formula is C51H48N2Si. The third-order valence-electron chi connectivity index (χ3n) is 11.9. The fraction of sp³-hybridized carbons (Fsp3) is 0.176. The summed E-state index contributed by atoms with van der Waals surface area (Å²) < 4.78 is 0. The summed E-state index contributed by atoms with van der Waals surface area (Å²) in [5.74, 6) is 0.707. The van der Waals surface area contributed by atoms with Crippen LogP contribution in [0.1, 0.15) is 54.7 Å². The first-order valence-electron chi connectivity index (χ1n) is 19.8. The third-order valence-corrected chi connectivity index (χ3v) is 15.4. The van der Waals surface area contributed by atoms with Crippen molar-refractivity contribution in [2.24, 2.45) is 0 Å². The van der Waals surface area contributed by atoms with Crippen LogP contribution in [0.25, 0.3) is 11.1 Å². The van der Waals surface area contributed by atoms with Gasteiger partial charge in [-0.1, -0.05) is 142 Å². The van der Waals surface area contributed by atoms with E-state index in [1.54, 1.807) is 0 Å². The van der Waals surface area contributed by atoms with Crippen LogP contribution in [0, 0.1) is 0 Å². The van der Waals surface area contributed by atoms with Gasteiger partial charge in [0.05, 0.1) is 5.69 Å². The summed E-state index contributed by atoms with van der Waals surface area (Å²) in [5, 5.41) is 3.05. The number of hydrogen-bond acceptors (Lipinski definition) is 2. The lowest BCUT2D eigenvalue weighted by molar-refractivity contribution is 0.443. The van der Waals surface area contributed by atoms with E-state index in [1.807, 2.05) is 0 Å². The fourth-order valence-electron chi connectivity index (χ4n) is 9.04. The van der Waals surface area contributed by atoms with Gasteiger partial charge < -0.3 is 9.80 Å². The minimum atomic E-state index is -1.80. The summed E-state index contributed by atoms with van der Waals surface area (Å²) in [4.78, 5) is 4.83. The molecule has 3 heteroatoms. The Hall–Kier alpha value is -5.64. The molecule has 54 heavy (non-hydrogen) atoms. The Morgan fingerprint density at radius 2 is 0.926 bits per heavy atom. The summed E-state index contributed by atoms with van der Waals surface area (Å²) in [6.45, 7) is 4.98. The quantitative estimate of drug-likeness (QED) is 0.137. The Morgan fingerprint density at radius 1 is 0.444 bits per heavy atom. The van der Waals surface area contributed by atoms with E-state index >= 15 is 0 Å². The molecule has 2 nitrogen and oxygen atoms in total. The standard InChI is InChI=1S/C51H48N2Si/c1-54(2)49-23-13-12-21-47(49)51-48(22-14-24-50(51)54)53(43-19-10-5-11-20-43)46-33-27-39(28-34-46)37-38-25-31-44(32-26-38)52(42-17-8-4-9-18-42)45-35-29-41(30-36-45)40-15-6-3-7-16-40/h4-5,8-14,17-36,40H,3,6-7,15-16,37H2,1-2H3. The lowest BCUT2D eigenvalue weighted by atomic mass is 9.84. The van der Waals surface area contributed by atoms with Crippen LogP contribution in [0.5, 0.6) is 0 Å². The molecule has 0 bridgehead atoms. The number of fused-ring (bicyclic) bond motifs is 3. The molecule has 7 aromatic rings. The molecule has 1 heterocycles. The van der Waals surface area contributed by atoms with Crippen LogP contribution in [0.4, 0.5) is 34.1 Å². The van der Waals surface area contributed by atoms with Gasteiger partial charge in [-0.3, -0.25) is 0 Å². The molecule has 0 N–H and O–H groups in total. The van der Waals surface area contributed by atoms with Crippen LogP contribution in [0.3, 0.4) is 0 Å². The van der Waals surface area contributed by atoms with Crippen molar-refractivity contribution >= 4 is 52.6 Å². The SMILES string of the molecule is C[Si]1(C)c2ccccc2-c2c(N(c3ccccc3)c3ccc(Cc4ccc(N(c5ccccc5)c5ccc(C6CCCCC6)cc5)cc4)cc3)cccc21. The minimum Gasteiger partial charge on any atom is -0.311 e. The largest absolute Gasteiger partial charge is 0.311 e. The molecule has 2 aliphatic rings. The summed E-state index contributed by atoms with van der Waals surface area (Å²) >= 11 is 0. The van der Waals surface area contributed by atoms with Crippen molar-refractivity contribution in [2.75, 3.05) is 9.80 Å². The number of benzene rings is 7. The van der Waals surface area contributed by atoms with Crippen molar-refractivity contribution in [3.05, 3.63) is 193 Å². The highest BCUT2D eigenvalue weighted by molar-refractivity contribution is 7.04. The van der Waals surface area contributed by atoms with Crippen LogP contribution < -0.4 is 20.2 Å². The van der Waals surface area contributed by atoms with E-state index in [-0.39, 0.29) is 0 Å². The van der Waals surface area contributed by atoms with Crippen molar-refractivity contribution in [1.29, 1.82) is 0 Å². The molecule has 1 saturated carbocycles. The van der Waals surface area contributed by atoms with Crippen LogP contribution in [0.15, 0.2) is 176 Å². The molecule has 9 rings (SSSR count). The molecule has 0 atom stereocenters. The van der Waals surface area contributed by atoms with Gasteiger partial charge in [0.15, 0.2) is 0 Å². The second kappa shape index (κ2) is 14.6. The molecule has 0 unspecified atom stereocenters. The van der Waals surface area contributed by atoms with Gasteiger partial charge in [0, 0.05) is 34.0 Å². The third kappa shape index (κ3) is 6.48. The van der Waals surface area contributed by atoms with E-state index in [0.717, 1.165) is 6.42 Å². The first-order valence-corrected chi connectivity index (χ1v) is 22.8. The molecule has 0 aromatic heterocycles. The van der Waals surface area contributed by atoms with E-state index in [0.29, 0.717) is 5.92 Å². The normalized spacial score (nSPS) is 14.6. The first-order chi connectivity index (χ1) is 26.5. The molecule has 1 aliphatic carbocycles. The van der Waals surface area contributed by atoms with Crippen LogP contribution in [-0.4, -0.2) is 8.07 Å². The highest BCUT2D eigenvalue weighted by Crippen LogP contribution is 2.43. The van der Waals surface area contributed by atoms with Crippen LogP contribution in [-0.2, 0) is 6.42 Å². The average molecular weight is 717 g/mol. The predicted molar refractivity (Wildman–Crippen MR) is 233 cm³/mol. The van der Waals surface area contributed by atoms with Gasteiger partial charge in [-0.05, 0) is 125 Å². The zero-order chi connectivity index (χ0) is 36.5. The van der Waals surface area contributed by atoms with E-state index in [2.05, 4.69) is 199 Å². The minimum absolute atomic E-state index is 0.707. The molecule has 0 radical (unpaired) electrons. The fourth-order valence-corrected chi connectivity index (χ4v) is 12.1. The second-order valence-corrected chi connectivity index (χ2v) is 20.0. The Balaban J connectivity index is 0.993. The number of nitrogens with zero attached hydrogens (tertiary/aromatic N) is 2. The van der Waals surface area contributed by atoms with Crippen molar-refractivity contribution in [3.8, 4) is 11.1 Å². The number of rotatable bonds is 9. The molecule has 266 valence electrons. The van der Waals surface area contributed by atoms with Gasteiger partial charge in [0.1, 0.15) is 8.07 Å². The van der Waals surface area contributed by atoms with Gasteiger partial charge in [-0.25, -0.2) is 0 Å². The summed E-state index contributed by atoms with van der Waals surface area (Å²) in [5.41, 5.74) is 14.0. The van der Waals surface area contributed by atoms with Crippen molar-refractivity contribution in [2.45, 2.75) is 57.5 Å². The van der Waals surface area contributed by atoms with Crippen LogP contribution >= 0.6 is 0 Å². The molecule has 0 saturated heterocycles. The molecule has 0 spiro atoms. The Bertz CT molecular complexity index is 2340. The second-order valence-electron chi connectivity index (χ2n) is 15.6. The molecular weight excluding hydrogens is 669 g/mol. The number of hydrogen-bond donors (Lipinski definition) is 0. The van der Waals surface area contributed by atoms with Crippen molar-refractivity contribution in [1.82, 2.24) is 0 Å². The average Bonchev–Trinajstić information content (AvgIpc) is 3.47. The lowest BCUT2D eigenvalue weighted by Crippen LogP contribution is -2.49. The van der Waals surface area contributed by atoms with E-state index in [9.17, 15) is 0 Å². The summed E-state index contributed by atoms with van der Waals surface area (Å²) in [6, 6.07) is 65.3. The Kier molecular flexibility index (Phi) is 9.26. The lowest BCUT2D eigenvalue weighted by Gasteiger charge is -2.28. The van der Waals surface area contributed by atoms with Gasteiger partial charge in [0.25, 0.3) is 0 Å². The Morgan fingerprint density at radius 3 is 1.54 bits per heavy atom. The van der Waals surface area contributed by atoms with Crippen molar-refractivity contribution in [3.63, 3.8) is 0 Å². The molecule has 1 aliphatic heterocycles. The Labute approximate surface area is 322 Å². The van der Waals surface area contributed by atoms with Crippen molar-refractivity contribution < 1.29 is 0 Å². The van der Waals surface area contributed by atoms with E-state index in [4.69, 9.17) is 0 Å². The zero-order valence-electron chi connectivity index (χ0n) is 31.5. The van der Waals surface area contributed by atoms with Gasteiger partial charge in [0.2, 0.25) is 0 Å². The summed E-state index contributed by atoms with van der Waals surface area (Å²) in [6.07, 6.45) is 7.62. The van der Waals surface area contributed by atoms with Crippen LogP contribution in [0.2, 0.25) is 13.1 Å². The molecule has 1 fully saturated rings. The number of para-hydroxylation sites is 2. The maximum atomic E-state index is 2.49. The topological polar surface area (TPSA) is 6.48 Å². The molecule has 7 aromatic carbocycles. The van der Waals surface area contributed by atoms with E-state index in [1.165, 1.54) is 104 Å². The smallest absolute Gasteiger partial charge is 0.113 e. The van der Waals surface area contributed by atoms with Gasteiger partial charge in [-0.15, -0.1) is 0 Å². The monoisotopic (exact) mass is 716 g/mol. The van der Waals surface area contributed by atoms with Gasteiger partial charge >= 0.3 is 0 Å². The summed E-state index contributed by atoms with van der Waals surface area (Å²) in [7, 11) is -1.80. The van der Waals surface area contributed by atoms with Gasteiger partial charge in [-0.2, -0.15) is 0 Å². The highest BCUT2D eigenvalue weighted by Gasteiger charge is 2.39. The highest BCUT2D eigenvalue weighted by atomic mass is 28.3. The molecule has 0 amide bonds. The predicted octanol–water partition coefficient (Wildman–Crippen LogP) is 13.1. The maximum absolute atomic E-state index is 2.49. The van der Waals surface area contributed by atoms with E-state index < -0.39 is 8.07 Å².